The number of benzene rings is 2. The van der Waals surface area contributed by atoms with Crippen LogP contribution in [-0.2, 0) is 14.3 Å². The summed E-state index contributed by atoms with van der Waals surface area (Å²) in [6.07, 6.45) is 0. The fraction of sp³-hybridized carbons (Fsp3) is 0.190. The van der Waals surface area contributed by atoms with Crippen LogP contribution in [0.25, 0.3) is 11.3 Å². The first kappa shape index (κ1) is 21.1. The average molecular weight is 428 g/mol. The van der Waals surface area contributed by atoms with Crippen molar-refractivity contribution in [2.75, 3.05) is 32.8 Å². The van der Waals surface area contributed by atoms with E-state index >= 15 is 0 Å². The predicted molar refractivity (Wildman–Crippen MR) is 112 cm³/mol. The standard InChI is InChI=1S/C21H20N2O6S/c1-26-15-5-3-14(4-6-15)18-13-30-21(22-18)23-19(24)11-29-20(25)12-28-17-9-7-16(27-2)8-10-17/h3-10,13H,11-12H2,1-2H3,(H,22,23,24). The molecule has 1 amide bonds. The van der Waals surface area contributed by atoms with Gasteiger partial charge in [0.15, 0.2) is 18.3 Å². The van der Waals surface area contributed by atoms with Gasteiger partial charge < -0.3 is 18.9 Å². The van der Waals surface area contributed by atoms with Gasteiger partial charge in [-0.25, -0.2) is 9.78 Å². The van der Waals surface area contributed by atoms with Crippen LogP contribution in [0.4, 0.5) is 5.13 Å². The summed E-state index contributed by atoms with van der Waals surface area (Å²) in [4.78, 5) is 28.1. The van der Waals surface area contributed by atoms with Gasteiger partial charge in [0.25, 0.3) is 5.91 Å². The van der Waals surface area contributed by atoms with Crippen molar-refractivity contribution in [2.45, 2.75) is 0 Å². The quantitative estimate of drug-likeness (QED) is 0.522. The second-order valence-electron chi connectivity index (χ2n) is 5.94. The topological polar surface area (TPSA) is 96.0 Å². The van der Waals surface area contributed by atoms with Gasteiger partial charge in [0.2, 0.25) is 0 Å². The van der Waals surface area contributed by atoms with Gasteiger partial charge in [0, 0.05) is 10.9 Å². The average Bonchev–Trinajstić information content (AvgIpc) is 3.25. The largest absolute Gasteiger partial charge is 0.497 e. The SMILES string of the molecule is COc1ccc(OCC(=O)OCC(=O)Nc2nc(-c3ccc(OC)cc3)cs2)cc1. The Morgan fingerprint density at radius 2 is 1.50 bits per heavy atom. The monoisotopic (exact) mass is 428 g/mol. The van der Waals surface area contributed by atoms with Crippen LogP contribution in [0.5, 0.6) is 17.2 Å². The van der Waals surface area contributed by atoms with Crippen LogP contribution in [0.3, 0.4) is 0 Å². The highest BCUT2D eigenvalue weighted by atomic mass is 32.1. The molecular formula is C21H20N2O6S. The Morgan fingerprint density at radius 1 is 0.900 bits per heavy atom. The normalized spacial score (nSPS) is 10.2. The van der Waals surface area contributed by atoms with Crippen LogP contribution in [0.2, 0.25) is 0 Å². The third-order valence-corrected chi connectivity index (χ3v) is 4.67. The molecule has 0 saturated carbocycles. The van der Waals surface area contributed by atoms with Crippen LogP contribution < -0.4 is 19.5 Å². The Balaban J connectivity index is 1.42. The minimum absolute atomic E-state index is 0.307. The number of nitrogens with one attached hydrogen (secondary N) is 1. The Labute approximate surface area is 177 Å². The molecule has 0 saturated heterocycles. The molecule has 0 radical (unpaired) electrons. The van der Waals surface area contributed by atoms with E-state index in [0.29, 0.717) is 16.6 Å². The maximum atomic E-state index is 12.0. The number of hydrogen-bond acceptors (Lipinski definition) is 8. The molecule has 156 valence electrons. The molecule has 8 nitrogen and oxygen atoms in total. The van der Waals surface area contributed by atoms with E-state index < -0.39 is 18.5 Å². The molecule has 3 rings (SSSR count). The van der Waals surface area contributed by atoms with Crippen molar-refractivity contribution in [1.29, 1.82) is 0 Å². The van der Waals surface area contributed by atoms with Crippen molar-refractivity contribution in [1.82, 2.24) is 4.98 Å². The third-order valence-electron chi connectivity index (χ3n) is 3.92. The molecule has 0 aliphatic carbocycles. The summed E-state index contributed by atoms with van der Waals surface area (Å²) in [6.45, 7) is -0.735. The lowest BCUT2D eigenvalue weighted by atomic mass is 10.2. The molecule has 0 aliphatic heterocycles. The number of nitrogens with zero attached hydrogens (tertiary/aromatic N) is 1. The first-order valence-corrected chi connectivity index (χ1v) is 9.77. The number of esters is 1. The molecule has 30 heavy (non-hydrogen) atoms. The molecule has 0 spiro atoms. The number of carbonyl (C=O) groups is 2. The van der Waals surface area contributed by atoms with Crippen LogP contribution in [0, 0.1) is 0 Å². The predicted octanol–water partition coefficient (Wildman–Crippen LogP) is 3.39. The molecule has 0 atom stereocenters. The fourth-order valence-corrected chi connectivity index (χ4v) is 3.12. The highest BCUT2D eigenvalue weighted by Gasteiger charge is 2.11. The van der Waals surface area contributed by atoms with E-state index in [4.69, 9.17) is 18.9 Å². The van der Waals surface area contributed by atoms with Gasteiger partial charge in [-0.05, 0) is 48.5 Å². The second-order valence-corrected chi connectivity index (χ2v) is 6.80. The maximum absolute atomic E-state index is 12.0. The zero-order valence-electron chi connectivity index (χ0n) is 16.4. The zero-order chi connectivity index (χ0) is 21.3. The fourth-order valence-electron chi connectivity index (χ4n) is 2.38. The number of amides is 1. The molecule has 3 aromatic rings. The van der Waals surface area contributed by atoms with Gasteiger partial charge in [0.05, 0.1) is 19.9 Å². The van der Waals surface area contributed by atoms with E-state index in [1.165, 1.54) is 11.3 Å². The molecule has 1 heterocycles. The third kappa shape index (κ3) is 5.95. The summed E-state index contributed by atoms with van der Waals surface area (Å²) in [7, 11) is 3.16. The van der Waals surface area contributed by atoms with E-state index in [9.17, 15) is 9.59 Å². The van der Waals surface area contributed by atoms with Crippen molar-refractivity contribution in [2.24, 2.45) is 0 Å². The number of thiazole rings is 1. The Hall–Kier alpha value is -3.59. The van der Waals surface area contributed by atoms with E-state index in [1.807, 2.05) is 29.6 Å². The molecule has 0 aliphatic rings. The minimum Gasteiger partial charge on any atom is -0.497 e. The van der Waals surface area contributed by atoms with Crippen molar-refractivity contribution < 1.29 is 28.5 Å². The summed E-state index contributed by atoms with van der Waals surface area (Å²) in [5, 5.41) is 4.85. The molecule has 0 unspecified atom stereocenters. The van der Waals surface area contributed by atoms with Gasteiger partial charge in [-0.3, -0.25) is 10.1 Å². The molecule has 0 fully saturated rings. The number of carbonyl (C=O) groups excluding carboxylic acids is 2. The van der Waals surface area contributed by atoms with E-state index in [0.717, 1.165) is 17.0 Å². The first-order chi connectivity index (χ1) is 14.6. The van der Waals surface area contributed by atoms with Crippen molar-refractivity contribution in [3.05, 3.63) is 53.9 Å². The van der Waals surface area contributed by atoms with Gasteiger partial charge in [-0.2, -0.15) is 0 Å². The van der Waals surface area contributed by atoms with Crippen LogP contribution in [-0.4, -0.2) is 44.3 Å². The van der Waals surface area contributed by atoms with Gasteiger partial charge in [0.1, 0.15) is 17.2 Å². The Morgan fingerprint density at radius 3 is 2.13 bits per heavy atom. The van der Waals surface area contributed by atoms with Gasteiger partial charge in [-0.15, -0.1) is 11.3 Å². The van der Waals surface area contributed by atoms with Crippen LogP contribution >= 0.6 is 11.3 Å². The molecule has 0 bridgehead atoms. The van der Waals surface area contributed by atoms with E-state index in [-0.39, 0.29) is 6.61 Å². The second kappa shape index (κ2) is 10.3. The lowest BCUT2D eigenvalue weighted by molar-refractivity contribution is -0.149. The lowest BCUT2D eigenvalue weighted by Gasteiger charge is -2.07. The lowest BCUT2D eigenvalue weighted by Crippen LogP contribution is -2.23. The van der Waals surface area contributed by atoms with Crippen molar-refractivity contribution in [3.63, 3.8) is 0 Å². The molecule has 1 aromatic heterocycles. The first-order valence-electron chi connectivity index (χ1n) is 8.89. The summed E-state index contributed by atoms with van der Waals surface area (Å²) >= 11 is 1.28. The van der Waals surface area contributed by atoms with Crippen molar-refractivity contribution in [3.8, 4) is 28.5 Å². The Bertz CT molecular complexity index is 985. The number of hydrogen-bond donors (Lipinski definition) is 1. The van der Waals surface area contributed by atoms with Crippen molar-refractivity contribution >= 4 is 28.3 Å². The van der Waals surface area contributed by atoms with Gasteiger partial charge in [-0.1, -0.05) is 0 Å². The highest BCUT2D eigenvalue weighted by Crippen LogP contribution is 2.26. The summed E-state index contributed by atoms with van der Waals surface area (Å²) in [5.74, 6) is 0.785. The minimum atomic E-state index is -0.654. The van der Waals surface area contributed by atoms with E-state index in [1.54, 1.807) is 38.5 Å². The number of rotatable bonds is 9. The van der Waals surface area contributed by atoms with Crippen LogP contribution in [0.15, 0.2) is 53.9 Å². The summed E-state index contributed by atoms with van der Waals surface area (Å²) < 4.78 is 20.4. The number of ether oxygens (including phenoxy) is 4. The number of anilines is 1. The zero-order valence-corrected chi connectivity index (χ0v) is 17.2. The smallest absolute Gasteiger partial charge is 0.344 e. The summed E-state index contributed by atoms with van der Waals surface area (Å²) in [5.41, 5.74) is 1.62. The Kier molecular flexibility index (Phi) is 7.23. The van der Waals surface area contributed by atoms with Crippen LogP contribution in [0.1, 0.15) is 0 Å². The molecule has 9 heteroatoms. The van der Waals surface area contributed by atoms with Gasteiger partial charge >= 0.3 is 5.97 Å². The van der Waals surface area contributed by atoms with E-state index in [2.05, 4.69) is 10.3 Å². The highest BCUT2D eigenvalue weighted by molar-refractivity contribution is 7.14. The maximum Gasteiger partial charge on any atom is 0.344 e. The number of methoxy groups -OCH3 is 2. The molecule has 1 N–H and O–H groups in total. The number of aromatic nitrogens is 1. The summed E-state index contributed by atoms with van der Waals surface area (Å²) in [6, 6.07) is 14.2. The molecular weight excluding hydrogens is 408 g/mol. The molecule has 2 aromatic carbocycles.